The predicted molar refractivity (Wildman–Crippen MR) is 73.0 cm³/mol. The van der Waals surface area contributed by atoms with Gasteiger partial charge in [-0.15, -0.1) is 0 Å². The first-order chi connectivity index (χ1) is 9.51. The minimum Gasteiger partial charge on any atom is -0.313 e. The molecule has 20 heavy (non-hydrogen) atoms. The number of rotatable bonds is 4. The molecular weight excluding hydrogens is 263 g/mol. The highest BCUT2D eigenvalue weighted by molar-refractivity contribution is 5.28. The number of likely N-dealkylation sites (N-methyl/N-ethyl adjacent to an activating group) is 1. The molecule has 0 aliphatic heterocycles. The molecule has 0 amide bonds. The van der Waals surface area contributed by atoms with Crippen LogP contribution < -0.4 is 5.32 Å². The highest BCUT2D eigenvalue weighted by atomic mass is 19.2. The van der Waals surface area contributed by atoms with Crippen molar-refractivity contribution in [2.75, 3.05) is 7.05 Å². The van der Waals surface area contributed by atoms with Gasteiger partial charge in [0.1, 0.15) is 5.82 Å². The lowest BCUT2D eigenvalue weighted by molar-refractivity contribution is 0.474. The third-order valence-electron chi connectivity index (χ3n) is 3.32. The van der Waals surface area contributed by atoms with Crippen LogP contribution in [0.2, 0.25) is 0 Å². The molecule has 1 N–H and O–H groups in total. The van der Waals surface area contributed by atoms with Crippen LogP contribution in [0.3, 0.4) is 0 Å². The molecule has 1 nitrogen and oxygen atoms in total. The number of nitrogens with one attached hydrogen (secondary N) is 1. The van der Waals surface area contributed by atoms with Crippen molar-refractivity contribution in [3.05, 3.63) is 70.5 Å². The van der Waals surface area contributed by atoms with Crippen LogP contribution in [-0.4, -0.2) is 7.05 Å². The summed E-state index contributed by atoms with van der Waals surface area (Å²) < 4.78 is 40.0. The molecule has 0 aliphatic rings. The van der Waals surface area contributed by atoms with E-state index in [1.165, 1.54) is 0 Å². The molecule has 0 saturated carbocycles. The first kappa shape index (κ1) is 14.6. The zero-order valence-corrected chi connectivity index (χ0v) is 11.4. The Morgan fingerprint density at radius 1 is 0.950 bits per heavy atom. The highest BCUT2D eigenvalue weighted by Gasteiger charge is 2.18. The summed E-state index contributed by atoms with van der Waals surface area (Å²) in [5.41, 5.74) is 2.26. The summed E-state index contributed by atoms with van der Waals surface area (Å²) in [5.74, 6) is -2.95. The van der Waals surface area contributed by atoms with Gasteiger partial charge in [-0.3, -0.25) is 0 Å². The van der Waals surface area contributed by atoms with Crippen molar-refractivity contribution >= 4 is 0 Å². The largest absolute Gasteiger partial charge is 0.313 e. The van der Waals surface area contributed by atoms with E-state index in [2.05, 4.69) is 5.32 Å². The molecule has 0 fully saturated rings. The Hall–Kier alpha value is -1.81. The van der Waals surface area contributed by atoms with E-state index < -0.39 is 23.5 Å². The lowest BCUT2D eigenvalue weighted by atomic mass is 9.97. The standard InChI is InChI=1S/C16H16F3N/c1-10-3-5-11(6-4-10)7-16(20-2)12-8-14(18)15(19)9-13(12)17/h3-6,8-9,16,20H,7H2,1-2H3. The van der Waals surface area contributed by atoms with Gasteiger partial charge in [0.05, 0.1) is 0 Å². The summed E-state index contributed by atoms with van der Waals surface area (Å²) in [6.07, 6.45) is 0.499. The van der Waals surface area contributed by atoms with Gasteiger partial charge in [0.25, 0.3) is 0 Å². The fraction of sp³-hybridized carbons (Fsp3) is 0.250. The van der Waals surface area contributed by atoms with E-state index in [-0.39, 0.29) is 5.56 Å². The smallest absolute Gasteiger partial charge is 0.161 e. The quantitative estimate of drug-likeness (QED) is 0.837. The molecule has 0 aliphatic carbocycles. The van der Waals surface area contributed by atoms with Crippen molar-refractivity contribution in [3.8, 4) is 0 Å². The Kier molecular flexibility index (Phi) is 4.45. The Bertz CT molecular complexity index is 593. The van der Waals surface area contributed by atoms with Crippen molar-refractivity contribution in [2.24, 2.45) is 0 Å². The fourth-order valence-electron chi connectivity index (χ4n) is 2.13. The molecule has 0 radical (unpaired) electrons. The van der Waals surface area contributed by atoms with Crippen LogP contribution in [0.25, 0.3) is 0 Å². The minimum atomic E-state index is -1.17. The van der Waals surface area contributed by atoms with Crippen LogP contribution >= 0.6 is 0 Å². The monoisotopic (exact) mass is 279 g/mol. The molecule has 2 aromatic carbocycles. The van der Waals surface area contributed by atoms with Gasteiger partial charge < -0.3 is 5.32 Å². The lowest BCUT2D eigenvalue weighted by Gasteiger charge is -2.18. The molecule has 1 atom stereocenters. The van der Waals surface area contributed by atoms with Gasteiger partial charge in [-0.1, -0.05) is 29.8 Å². The van der Waals surface area contributed by atoms with Crippen LogP contribution in [0.1, 0.15) is 22.7 Å². The molecule has 106 valence electrons. The normalized spacial score (nSPS) is 12.4. The lowest BCUT2D eigenvalue weighted by Crippen LogP contribution is -2.20. The zero-order valence-electron chi connectivity index (χ0n) is 11.4. The topological polar surface area (TPSA) is 12.0 Å². The van der Waals surface area contributed by atoms with E-state index in [4.69, 9.17) is 0 Å². The molecule has 2 aromatic rings. The molecule has 0 aromatic heterocycles. The third kappa shape index (κ3) is 3.20. The van der Waals surface area contributed by atoms with Crippen LogP contribution in [-0.2, 0) is 6.42 Å². The first-order valence-corrected chi connectivity index (χ1v) is 6.38. The molecule has 1 unspecified atom stereocenters. The molecule has 0 heterocycles. The van der Waals surface area contributed by atoms with E-state index in [0.29, 0.717) is 12.5 Å². The number of halogens is 3. The van der Waals surface area contributed by atoms with Gasteiger partial charge in [-0.2, -0.15) is 0 Å². The molecule has 0 spiro atoms. The van der Waals surface area contributed by atoms with Crippen LogP contribution in [0.4, 0.5) is 13.2 Å². The maximum atomic E-state index is 13.8. The van der Waals surface area contributed by atoms with Gasteiger partial charge in [0, 0.05) is 17.7 Å². The highest BCUT2D eigenvalue weighted by Crippen LogP contribution is 2.23. The van der Waals surface area contributed by atoms with Gasteiger partial charge in [0.2, 0.25) is 0 Å². The summed E-state index contributed by atoms with van der Waals surface area (Å²) in [4.78, 5) is 0. The Morgan fingerprint density at radius 2 is 1.55 bits per heavy atom. The van der Waals surface area contributed by atoms with Crippen molar-refractivity contribution in [3.63, 3.8) is 0 Å². The number of hydrogen-bond acceptors (Lipinski definition) is 1. The van der Waals surface area contributed by atoms with Crippen LogP contribution in [0.5, 0.6) is 0 Å². The van der Waals surface area contributed by atoms with Gasteiger partial charge in [-0.25, -0.2) is 13.2 Å². The van der Waals surface area contributed by atoms with E-state index in [1.54, 1.807) is 7.05 Å². The van der Waals surface area contributed by atoms with Gasteiger partial charge in [-0.05, 0) is 32.0 Å². The predicted octanol–water partition coefficient (Wildman–Crippen LogP) is 3.92. The Balaban J connectivity index is 2.28. The minimum absolute atomic E-state index is 0.131. The summed E-state index contributed by atoms with van der Waals surface area (Å²) in [6.45, 7) is 1.98. The van der Waals surface area contributed by atoms with E-state index >= 15 is 0 Å². The second-order valence-electron chi connectivity index (χ2n) is 4.82. The van der Waals surface area contributed by atoms with Gasteiger partial charge >= 0.3 is 0 Å². The van der Waals surface area contributed by atoms with Gasteiger partial charge in [0.15, 0.2) is 11.6 Å². The molecule has 0 bridgehead atoms. The third-order valence-corrected chi connectivity index (χ3v) is 3.32. The second kappa shape index (κ2) is 6.09. The first-order valence-electron chi connectivity index (χ1n) is 6.38. The fourth-order valence-corrected chi connectivity index (χ4v) is 2.13. The van der Waals surface area contributed by atoms with Crippen LogP contribution in [0.15, 0.2) is 36.4 Å². The maximum absolute atomic E-state index is 13.8. The average molecular weight is 279 g/mol. The maximum Gasteiger partial charge on any atom is 0.161 e. The Labute approximate surface area is 116 Å². The number of hydrogen-bond donors (Lipinski definition) is 1. The summed E-state index contributed by atoms with van der Waals surface area (Å²) >= 11 is 0. The van der Waals surface area contributed by atoms with E-state index in [0.717, 1.165) is 17.2 Å². The zero-order chi connectivity index (χ0) is 14.7. The summed E-state index contributed by atoms with van der Waals surface area (Å²) in [6, 6.07) is 8.90. The van der Waals surface area contributed by atoms with Crippen molar-refractivity contribution in [1.29, 1.82) is 0 Å². The Morgan fingerprint density at radius 3 is 2.15 bits per heavy atom. The average Bonchev–Trinajstić information content (AvgIpc) is 2.43. The second-order valence-corrected chi connectivity index (χ2v) is 4.82. The van der Waals surface area contributed by atoms with Crippen LogP contribution in [0, 0.1) is 24.4 Å². The SMILES string of the molecule is CNC(Cc1ccc(C)cc1)c1cc(F)c(F)cc1F. The molecule has 4 heteroatoms. The summed E-state index contributed by atoms with van der Waals surface area (Å²) in [5, 5.41) is 2.94. The summed E-state index contributed by atoms with van der Waals surface area (Å²) in [7, 11) is 1.67. The molecular formula is C16H16F3N. The van der Waals surface area contributed by atoms with Crippen molar-refractivity contribution in [1.82, 2.24) is 5.32 Å². The number of aryl methyl sites for hydroxylation is 1. The van der Waals surface area contributed by atoms with E-state index in [1.807, 2.05) is 31.2 Å². The molecule has 2 rings (SSSR count). The number of benzene rings is 2. The van der Waals surface area contributed by atoms with Crippen molar-refractivity contribution in [2.45, 2.75) is 19.4 Å². The molecule has 0 saturated heterocycles. The van der Waals surface area contributed by atoms with E-state index in [9.17, 15) is 13.2 Å². The van der Waals surface area contributed by atoms with Crippen molar-refractivity contribution < 1.29 is 13.2 Å².